The van der Waals surface area contributed by atoms with Gasteiger partial charge in [0.2, 0.25) is 5.09 Å². The van der Waals surface area contributed by atoms with Crippen LogP contribution in [0.2, 0.25) is 0 Å². The molecule has 0 spiro atoms. The van der Waals surface area contributed by atoms with Crippen LogP contribution < -0.4 is 10.1 Å². The summed E-state index contributed by atoms with van der Waals surface area (Å²) in [6.45, 7) is 4.76. The van der Waals surface area contributed by atoms with Crippen LogP contribution in [0.4, 0.5) is 0 Å². The summed E-state index contributed by atoms with van der Waals surface area (Å²) in [6.07, 6.45) is 2.70. The van der Waals surface area contributed by atoms with Crippen molar-refractivity contribution in [1.29, 1.82) is 0 Å². The molecule has 8 heteroatoms. The van der Waals surface area contributed by atoms with Gasteiger partial charge in [-0.1, -0.05) is 24.1 Å². The maximum Gasteiger partial charge on any atom is 0.287 e. The zero-order valence-corrected chi connectivity index (χ0v) is 17.2. The van der Waals surface area contributed by atoms with Gasteiger partial charge < -0.3 is 14.5 Å². The smallest absolute Gasteiger partial charge is 0.287 e. The minimum absolute atomic E-state index is 0.0333. The average molecular weight is 407 g/mol. The molecule has 7 nitrogen and oxygen atoms in total. The summed E-state index contributed by atoms with van der Waals surface area (Å²) in [5, 5.41) is 2.64. The molecule has 1 aliphatic rings. The fraction of sp³-hybridized carbons (Fsp3) is 0.450. The van der Waals surface area contributed by atoms with Crippen molar-refractivity contribution in [3.63, 3.8) is 0 Å². The molecule has 1 saturated heterocycles. The third kappa shape index (κ3) is 4.23. The number of ether oxygens (including phenoxy) is 1. The maximum absolute atomic E-state index is 12.7. The zero-order chi connectivity index (χ0) is 20.3. The van der Waals surface area contributed by atoms with Gasteiger partial charge in [-0.05, 0) is 44.9 Å². The van der Waals surface area contributed by atoms with Crippen molar-refractivity contribution in [3.05, 3.63) is 47.2 Å². The van der Waals surface area contributed by atoms with E-state index in [1.54, 1.807) is 7.11 Å². The summed E-state index contributed by atoms with van der Waals surface area (Å²) >= 11 is 0. The fourth-order valence-electron chi connectivity index (χ4n) is 3.35. The number of hydrogen-bond acceptors (Lipinski definition) is 5. The van der Waals surface area contributed by atoms with Crippen molar-refractivity contribution in [1.82, 2.24) is 9.62 Å². The zero-order valence-electron chi connectivity index (χ0n) is 16.4. The van der Waals surface area contributed by atoms with Gasteiger partial charge in [0, 0.05) is 18.7 Å². The summed E-state index contributed by atoms with van der Waals surface area (Å²) in [6, 6.07) is 8.13. The second kappa shape index (κ2) is 8.36. The number of amides is 1. The lowest BCUT2D eigenvalue weighted by atomic mass is 10.0. The minimum atomic E-state index is -3.70. The molecular weight excluding hydrogens is 380 g/mol. The molecule has 0 saturated carbocycles. The van der Waals surface area contributed by atoms with E-state index in [0.29, 0.717) is 18.8 Å². The topological polar surface area (TPSA) is 88.8 Å². The molecule has 28 heavy (non-hydrogen) atoms. The van der Waals surface area contributed by atoms with Gasteiger partial charge in [-0.2, -0.15) is 4.31 Å². The molecule has 0 radical (unpaired) electrons. The Bertz CT molecular complexity index is 945. The van der Waals surface area contributed by atoms with Gasteiger partial charge in [-0.25, -0.2) is 8.42 Å². The van der Waals surface area contributed by atoms with Gasteiger partial charge in [0.25, 0.3) is 15.9 Å². The van der Waals surface area contributed by atoms with E-state index in [4.69, 9.17) is 9.15 Å². The van der Waals surface area contributed by atoms with Gasteiger partial charge in [0.1, 0.15) is 5.75 Å². The molecule has 1 N–H and O–H groups in total. The predicted octanol–water partition coefficient (Wildman–Crippen LogP) is 3.26. The molecule has 2 heterocycles. The molecule has 1 aliphatic heterocycles. The predicted molar refractivity (Wildman–Crippen MR) is 105 cm³/mol. The van der Waals surface area contributed by atoms with Crippen LogP contribution in [0.1, 0.15) is 53.9 Å². The van der Waals surface area contributed by atoms with Crippen LogP contribution in [-0.2, 0) is 10.0 Å². The fourth-order valence-corrected chi connectivity index (χ4v) is 4.78. The first kappa shape index (κ1) is 20.4. The van der Waals surface area contributed by atoms with E-state index in [0.717, 1.165) is 30.4 Å². The summed E-state index contributed by atoms with van der Waals surface area (Å²) < 4.78 is 37.5. The van der Waals surface area contributed by atoms with Crippen molar-refractivity contribution in [3.8, 4) is 5.75 Å². The first-order valence-electron chi connectivity index (χ1n) is 9.38. The summed E-state index contributed by atoms with van der Waals surface area (Å²) in [5.74, 6) is 0.163. The molecule has 0 aliphatic carbocycles. The lowest BCUT2D eigenvalue weighted by Crippen LogP contribution is -2.35. The Morgan fingerprint density at radius 3 is 2.57 bits per heavy atom. The van der Waals surface area contributed by atoms with Crippen LogP contribution in [0.5, 0.6) is 5.75 Å². The highest BCUT2D eigenvalue weighted by atomic mass is 32.2. The van der Waals surface area contributed by atoms with Gasteiger partial charge in [-0.15, -0.1) is 0 Å². The number of carbonyl (C=O) groups is 1. The molecule has 1 aromatic carbocycles. The van der Waals surface area contributed by atoms with Crippen molar-refractivity contribution in [2.75, 3.05) is 20.2 Å². The molecule has 152 valence electrons. The maximum atomic E-state index is 12.7. The Kier molecular flexibility index (Phi) is 6.10. The number of methoxy groups -OCH3 is 1. The van der Waals surface area contributed by atoms with Crippen LogP contribution in [0, 0.1) is 6.92 Å². The van der Waals surface area contributed by atoms with Gasteiger partial charge >= 0.3 is 0 Å². The van der Waals surface area contributed by atoms with Crippen molar-refractivity contribution in [2.24, 2.45) is 0 Å². The Labute approximate surface area is 165 Å². The summed E-state index contributed by atoms with van der Waals surface area (Å²) in [5.41, 5.74) is 1.88. The quantitative estimate of drug-likeness (QED) is 0.795. The monoisotopic (exact) mass is 406 g/mol. The molecular formula is C20H26N2O5S. The third-order valence-corrected chi connectivity index (χ3v) is 6.69. The molecule has 2 aromatic rings. The van der Waals surface area contributed by atoms with Crippen molar-refractivity contribution < 1.29 is 22.4 Å². The Morgan fingerprint density at radius 2 is 1.89 bits per heavy atom. The van der Waals surface area contributed by atoms with Crippen LogP contribution in [-0.4, -0.2) is 38.8 Å². The van der Waals surface area contributed by atoms with E-state index in [1.807, 2.05) is 32.0 Å². The van der Waals surface area contributed by atoms with E-state index in [2.05, 4.69) is 5.32 Å². The Morgan fingerprint density at radius 1 is 1.18 bits per heavy atom. The number of rotatable bonds is 6. The van der Waals surface area contributed by atoms with Gasteiger partial charge in [-0.3, -0.25) is 4.79 Å². The lowest BCUT2D eigenvalue weighted by Gasteiger charge is -2.24. The molecule has 1 amide bonds. The van der Waals surface area contributed by atoms with E-state index < -0.39 is 15.9 Å². The molecule has 3 rings (SSSR count). The van der Waals surface area contributed by atoms with E-state index in [1.165, 1.54) is 16.4 Å². The van der Waals surface area contributed by atoms with Crippen molar-refractivity contribution in [2.45, 2.75) is 44.2 Å². The number of furan rings is 1. The number of carbonyl (C=O) groups excluding carboxylic acids is 1. The average Bonchev–Trinajstić information content (AvgIpc) is 3.20. The molecule has 1 fully saturated rings. The first-order valence-corrected chi connectivity index (χ1v) is 10.8. The molecule has 1 unspecified atom stereocenters. The number of benzene rings is 1. The minimum Gasteiger partial charge on any atom is -0.496 e. The molecule has 1 atom stereocenters. The van der Waals surface area contributed by atoms with E-state index in [-0.39, 0.29) is 16.9 Å². The highest BCUT2D eigenvalue weighted by Crippen LogP contribution is 2.27. The molecule has 1 aromatic heterocycles. The van der Waals surface area contributed by atoms with Gasteiger partial charge in [0.05, 0.1) is 13.2 Å². The number of piperidine rings is 1. The molecule has 0 bridgehead atoms. The highest BCUT2D eigenvalue weighted by molar-refractivity contribution is 7.89. The van der Waals surface area contributed by atoms with Crippen LogP contribution in [0.25, 0.3) is 0 Å². The number of hydrogen-bond donors (Lipinski definition) is 1. The number of nitrogens with one attached hydrogen (secondary N) is 1. The van der Waals surface area contributed by atoms with Gasteiger partial charge in [0.15, 0.2) is 5.76 Å². The van der Waals surface area contributed by atoms with Crippen LogP contribution >= 0.6 is 0 Å². The summed E-state index contributed by atoms with van der Waals surface area (Å²) in [4.78, 5) is 12.6. The van der Waals surface area contributed by atoms with E-state index >= 15 is 0 Å². The summed E-state index contributed by atoms with van der Waals surface area (Å²) in [7, 11) is -2.13. The van der Waals surface area contributed by atoms with E-state index in [9.17, 15) is 13.2 Å². The largest absolute Gasteiger partial charge is 0.496 e. The highest BCUT2D eigenvalue weighted by Gasteiger charge is 2.30. The SMILES string of the molecule is COc1ccc(C)cc1C(C)NC(=O)c1ccc(S(=O)(=O)N2CCCCC2)o1. The third-order valence-electron chi connectivity index (χ3n) is 4.91. The first-order chi connectivity index (χ1) is 13.3. The lowest BCUT2D eigenvalue weighted by molar-refractivity contribution is 0.0906. The second-order valence-corrected chi connectivity index (χ2v) is 8.89. The number of aryl methyl sites for hydroxylation is 1. The van der Waals surface area contributed by atoms with Crippen LogP contribution in [0.15, 0.2) is 39.8 Å². The standard InChI is InChI=1S/C20H26N2O5S/c1-14-7-8-17(26-3)16(13-14)15(2)21-20(23)18-9-10-19(27-18)28(24,25)22-11-5-4-6-12-22/h7-10,13,15H,4-6,11-12H2,1-3H3,(H,21,23). The number of sulfonamides is 1. The Hall–Kier alpha value is -2.32. The normalized spacial score (nSPS) is 16.5. The Balaban J connectivity index is 1.75. The van der Waals surface area contributed by atoms with Crippen molar-refractivity contribution >= 4 is 15.9 Å². The van der Waals surface area contributed by atoms with Crippen LogP contribution in [0.3, 0.4) is 0 Å². The second-order valence-electron chi connectivity index (χ2n) is 7.02. The number of nitrogens with zero attached hydrogens (tertiary/aromatic N) is 1.